The second-order valence-electron chi connectivity index (χ2n) is 7.27. The molecule has 2 aromatic carbocycles. The van der Waals surface area contributed by atoms with E-state index >= 15 is 0 Å². The van der Waals surface area contributed by atoms with Gasteiger partial charge in [-0.1, -0.05) is 61.2 Å². The SMILES string of the molecule is CCCCCc1ccc2cc(/C=C3\SC(Nc4c(Cl)cccc4Cl)=NC3=O)ccc2n1. The molecule has 0 fully saturated rings. The topological polar surface area (TPSA) is 54.4 Å². The Kier molecular flexibility index (Phi) is 6.96. The summed E-state index contributed by atoms with van der Waals surface area (Å²) in [7, 11) is 0. The molecule has 0 aliphatic carbocycles. The number of hydrogen-bond acceptors (Lipinski definition) is 4. The van der Waals surface area contributed by atoms with Crippen molar-refractivity contribution in [2.45, 2.75) is 32.6 Å². The summed E-state index contributed by atoms with van der Waals surface area (Å²) in [6.07, 6.45) is 6.43. The van der Waals surface area contributed by atoms with Crippen molar-refractivity contribution in [2.24, 2.45) is 4.99 Å². The maximum absolute atomic E-state index is 12.4. The highest BCUT2D eigenvalue weighted by Gasteiger charge is 2.23. The van der Waals surface area contributed by atoms with Gasteiger partial charge in [-0.3, -0.25) is 9.78 Å². The average molecular weight is 470 g/mol. The van der Waals surface area contributed by atoms with E-state index in [1.807, 2.05) is 24.3 Å². The van der Waals surface area contributed by atoms with Gasteiger partial charge in [0.25, 0.3) is 5.91 Å². The second kappa shape index (κ2) is 9.86. The Hall–Kier alpha value is -2.34. The van der Waals surface area contributed by atoms with Crippen LogP contribution < -0.4 is 5.32 Å². The van der Waals surface area contributed by atoms with Crippen LogP contribution in [0.15, 0.2) is 58.4 Å². The second-order valence-corrected chi connectivity index (χ2v) is 9.11. The summed E-state index contributed by atoms with van der Waals surface area (Å²) in [6, 6.07) is 15.4. The molecule has 0 atom stereocenters. The third kappa shape index (κ3) is 5.29. The van der Waals surface area contributed by atoms with E-state index in [-0.39, 0.29) is 5.91 Å². The molecule has 3 aromatic rings. The van der Waals surface area contributed by atoms with E-state index in [0.717, 1.165) is 35.0 Å². The Morgan fingerprint density at radius 3 is 2.65 bits per heavy atom. The number of rotatable bonds is 6. The Bertz CT molecular complexity index is 1190. The number of carbonyl (C=O) groups excluding carboxylic acids is 1. The number of aryl methyl sites for hydroxylation is 1. The minimum absolute atomic E-state index is 0.292. The van der Waals surface area contributed by atoms with E-state index in [4.69, 9.17) is 28.2 Å². The standard InChI is InChI=1S/C24H21Cl2N3OS/c1-2-3-4-6-17-11-10-16-13-15(9-12-20(16)27-17)14-21-23(30)29-24(31-21)28-22-18(25)7-5-8-19(22)26/h5,7-14H,2-4,6H2,1H3,(H,28,29,30)/b21-14-. The van der Waals surface area contributed by atoms with Crippen molar-refractivity contribution in [3.05, 3.63) is 74.7 Å². The lowest BCUT2D eigenvalue weighted by molar-refractivity contribution is -0.113. The highest BCUT2D eigenvalue weighted by atomic mass is 35.5. The number of pyridine rings is 1. The molecule has 1 amide bonds. The minimum atomic E-state index is -0.292. The predicted molar refractivity (Wildman–Crippen MR) is 133 cm³/mol. The van der Waals surface area contributed by atoms with Crippen LogP contribution >= 0.6 is 35.0 Å². The van der Waals surface area contributed by atoms with Crippen LogP contribution in [0.5, 0.6) is 0 Å². The van der Waals surface area contributed by atoms with E-state index in [1.165, 1.54) is 24.6 Å². The highest BCUT2D eigenvalue weighted by Crippen LogP contribution is 2.34. The molecular weight excluding hydrogens is 449 g/mol. The number of nitrogens with zero attached hydrogens (tertiary/aromatic N) is 2. The molecule has 1 aromatic heterocycles. The van der Waals surface area contributed by atoms with Crippen molar-refractivity contribution < 1.29 is 4.79 Å². The summed E-state index contributed by atoms with van der Waals surface area (Å²) in [5.41, 5.74) is 3.55. The van der Waals surface area contributed by atoms with E-state index in [2.05, 4.69) is 29.4 Å². The summed E-state index contributed by atoms with van der Waals surface area (Å²) in [4.78, 5) is 21.8. The molecule has 1 aliphatic heterocycles. The molecule has 158 valence electrons. The number of nitrogens with one attached hydrogen (secondary N) is 1. The fourth-order valence-electron chi connectivity index (χ4n) is 3.31. The third-order valence-electron chi connectivity index (χ3n) is 4.92. The number of hydrogen-bond donors (Lipinski definition) is 1. The van der Waals surface area contributed by atoms with Crippen molar-refractivity contribution in [3.63, 3.8) is 0 Å². The van der Waals surface area contributed by atoms with Crippen LogP contribution in [0.2, 0.25) is 10.0 Å². The lowest BCUT2D eigenvalue weighted by Gasteiger charge is -2.08. The molecular formula is C24H21Cl2N3OS. The molecule has 0 saturated heterocycles. The first kappa shape index (κ1) is 21.9. The van der Waals surface area contributed by atoms with Gasteiger partial charge >= 0.3 is 0 Å². The summed E-state index contributed by atoms with van der Waals surface area (Å²) < 4.78 is 0. The zero-order valence-corrected chi connectivity index (χ0v) is 19.3. The normalized spacial score (nSPS) is 15.0. The van der Waals surface area contributed by atoms with Gasteiger partial charge in [0.05, 0.1) is 26.2 Å². The Balaban J connectivity index is 1.49. The Morgan fingerprint density at radius 1 is 1.06 bits per heavy atom. The number of thioether (sulfide) groups is 1. The summed E-state index contributed by atoms with van der Waals surface area (Å²) in [5, 5.41) is 5.49. The first-order valence-electron chi connectivity index (χ1n) is 10.2. The van der Waals surface area contributed by atoms with Gasteiger partial charge in [-0.25, -0.2) is 0 Å². The summed E-state index contributed by atoms with van der Waals surface area (Å²) in [5.74, 6) is -0.292. The zero-order chi connectivity index (χ0) is 21.8. The molecule has 2 heterocycles. The number of carbonyl (C=O) groups is 1. The highest BCUT2D eigenvalue weighted by molar-refractivity contribution is 8.18. The van der Waals surface area contributed by atoms with Gasteiger partial charge in [0.15, 0.2) is 5.17 Å². The predicted octanol–water partition coefficient (Wildman–Crippen LogP) is 7.36. The molecule has 0 unspecified atom stereocenters. The van der Waals surface area contributed by atoms with Gasteiger partial charge in [0, 0.05) is 11.1 Å². The first-order chi connectivity index (χ1) is 15.0. The molecule has 0 saturated carbocycles. The maximum atomic E-state index is 12.4. The maximum Gasteiger partial charge on any atom is 0.286 e. The Morgan fingerprint density at radius 2 is 1.87 bits per heavy atom. The minimum Gasteiger partial charge on any atom is -0.332 e. The number of aliphatic imine (C=N–C) groups is 1. The molecule has 4 rings (SSSR count). The molecule has 7 heteroatoms. The zero-order valence-electron chi connectivity index (χ0n) is 17.0. The number of fused-ring (bicyclic) bond motifs is 1. The van der Waals surface area contributed by atoms with Crippen molar-refractivity contribution in [2.75, 3.05) is 5.32 Å². The number of benzene rings is 2. The fraction of sp³-hybridized carbons (Fsp3) is 0.208. The largest absolute Gasteiger partial charge is 0.332 e. The number of para-hydroxylation sites is 1. The van der Waals surface area contributed by atoms with Crippen LogP contribution in [-0.4, -0.2) is 16.1 Å². The number of anilines is 1. The number of halogens is 2. The lowest BCUT2D eigenvalue weighted by Crippen LogP contribution is -2.05. The third-order valence-corrected chi connectivity index (χ3v) is 6.45. The first-order valence-corrected chi connectivity index (χ1v) is 11.7. The van der Waals surface area contributed by atoms with Crippen molar-refractivity contribution in [1.29, 1.82) is 0 Å². The molecule has 1 aliphatic rings. The van der Waals surface area contributed by atoms with Gasteiger partial charge < -0.3 is 5.32 Å². The molecule has 4 nitrogen and oxygen atoms in total. The molecule has 31 heavy (non-hydrogen) atoms. The fourth-order valence-corrected chi connectivity index (χ4v) is 4.62. The average Bonchev–Trinajstić information content (AvgIpc) is 3.10. The van der Waals surface area contributed by atoms with Crippen LogP contribution in [-0.2, 0) is 11.2 Å². The van der Waals surface area contributed by atoms with Crippen LogP contribution in [0.4, 0.5) is 5.69 Å². The van der Waals surface area contributed by atoms with E-state index in [9.17, 15) is 4.79 Å². The Labute approximate surface area is 195 Å². The van der Waals surface area contributed by atoms with Gasteiger partial charge in [-0.05, 0) is 66.6 Å². The summed E-state index contributed by atoms with van der Waals surface area (Å²) in [6.45, 7) is 2.20. The smallest absolute Gasteiger partial charge is 0.286 e. The number of amidine groups is 1. The number of aromatic nitrogens is 1. The number of unbranched alkanes of at least 4 members (excludes halogenated alkanes) is 2. The van der Waals surface area contributed by atoms with Gasteiger partial charge in [-0.2, -0.15) is 4.99 Å². The van der Waals surface area contributed by atoms with Crippen LogP contribution in [0.1, 0.15) is 37.4 Å². The monoisotopic (exact) mass is 469 g/mol. The van der Waals surface area contributed by atoms with E-state index in [1.54, 1.807) is 18.2 Å². The molecule has 1 N–H and O–H groups in total. The van der Waals surface area contributed by atoms with Crippen LogP contribution in [0, 0.1) is 0 Å². The van der Waals surface area contributed by atoms with Gasteiger partial charge in [-0.15, -0.1) is 0 Å². The van der Waals surface area contributed by atoms with Crippen molar-refractivity contribution >= 4 is 68.7 Å². The number of amides is 1. The van der Waals surface area contributed by atoms with Crippen LogP contribution in [0.25, 0.3) is 17.0 Å². The quantitative estimate of drug-likeness (QED) is 0.302. The molecule has 0 radical (unpaired) electrons. The molecule has 0 bridgehead atoms. The van der Waals surface area contributed by atoms with Gasteiger partial charge in [0.1, 0.15) is 0 Å². The van der Waals surface area contributed by atoms with Crippen molar-refractivity contribution in [1.82, 2.24) is 4.98 Å². The molecule has 0 spiro atoms. The van der Waals surface area contributed by atoms with Gasteiger partial charge in [0.2, 0.25) is 0 Å². The summed E-state index contributed by atoms with van der Waals surface area (Å²) >= 11 is 13.7. The van der Waals surface area contributed by atoms with Crippen LogP contribution in [0.3, 0.4) is 0 Å². The van der Waals surface area contributed by atoms with E-state index < -0.39 is 0 Å². The lowest BCUT2D eigenvalue weighted by atomic mass is 10.1. The van der Waals surface area contributed by atoms with E-state index in [0.29, 0.717) is 25.8 Å². The van der Waals surface area contributed by atoms with Crippen molar-refractivity contribution in [3.8, 4) is 0 Å².